The van der Waals surface area contributed by atoms with Gasteiger partial charge in [0, 0.05) is 17.8 Å². The standard InChI is InChI=1S/C30H34F6N2O6/c1-27(2,3)43-24(39)15-22(37-26(41)44-28(4,5)6)25(40)38-12-11-17-13-20(9-10-23(17)38)42-16-18-7-8-19(29(31,32)33)14-21(18)30(34,35)36/h7-10,13-14,22H,11-12,15-16H2,1-6H3,(H,37,41)/t22-/m1/s1. The Kier molecular flexibility index (Phi) is 9.86. The highest BCUT2D eigenvalue weighted by Gasteiger charge is 2.39. The first-order chi connectivity index (χ1) is 20.0. The summed E-state index contributed by atoms with van der Waals surface area (Å²) in [4.78, 5) is 40.0. The van der Waals surface area contributed by atoms with Crippen LogP contribution in [0, 0.1) is 0 Å². The zero-order valence-electron chi connectivity index (χ0n) is 25.0. The second kappa shape index (κ2) is 12.6. The molecule has 0 spiro atoms. The molecular weight excluding hydrogens is 598 g/mol. The molecule has 1 heterocycles. The van der Waals surface area contributed by atoms with E-state index in [1.165, 1.54) is 23.1 Å². The van der Waals surface area contributed by atoms with Crippen molar-refractivity contribution in [2.75, 3.05) is 11.4 Å². The lowest BCUT2D eigenvalue weighted by molar-refractivity contribution is -0.156. The summed E-state index contributed by atoms with van der Waals surface area (Å²) < 4.78 is 95.5. The monoisotopic (exact) mass is 632 g/mol. The number of alkyl carbamates (subject to hydrolysis) is 1. The van der Waals surface area contributed by atoms with Gasteiger partial charge in [0.25, 0.3) is 0 Å². The number of anilines is 1. The van der Waals surface area contributed by atoms with Gasteiger partial charge in [0.15, 0.2) is 0 Å². The highest BCUT2D eigenvalue weighted by atomic mass is 19.4. The number of halogens is 6. The number of alkyl halides is 6. The van der Waals surface area contributed by atoms with Crippen LogP contribution in [0.1, 0.15) is 70.2 Å². The summed E-state index contributed by atoms with van der Waals surface area (Å²) in [7, 11) is 0. The van der Waals surface area contributed by atoms with Crippen LogP contribution < -0.4 is 15.0 Å². The first-order valence-electron chi connectivity index (χ1n) is 13.6. The number of carbonyl (C=O) groups is 3. The fourth-order valence-corrected chi connectivity index (χ4v) is 4.39. The molecule has 3 rings (SSSR count). The van der Waals surface area contributed by atoms with E-state index in [1.54, 1.807) is 41.5 Å². The lowest BCUT2D eigenvalue weighted by atomic mass is 10.0. The third-order valence-corrected chi connectivity index (χ3v) is 6.13. The minimum Gasteiger partial charge on any atom is -0.489 e. The maximum absolute atomic E-state index is 13.6. The van der Waals surface area contributed by atoms with Crippen molar-refractivity contribution in [1.29, 1.82) is 0 Å². The number of esters is 1. The van der Waals surface area contributed by atoms with Crippen LogP contribution in [0.2, 0.25) is 0 Å². The van der Waals surface area contributed by atoms with E-state index in [0.29, 0.717) is 23.7 Å². The van der Waals surface area contributed by atoms with Crippen molar-refractivity contribution < 1.29 is 54.9 Å². The summed E-state index contributed by atoms with van der Waals surface area (Å²) in [6.07, 6.45) is -11.1. The molecule has 0 saturated heterocycles. The van der Waals surface area contributed by atoms with Crippen LogP contribution in [-0.4, -0.2) is 41.8 Å². The number of carbonyl (C=O) groups excluding carboxylic acids is 3. The van der Waals surface area contributed by atoms with Crippen LogP contribution >= 0.6 is 0 Å². The zero-order chi connectivity index (χ0) is 33.3. The third-order valence-electron chi connectivity index (χ3n) is 6.13. The minimum atomic E-state index is -5.04. The van der Waals surface area contributed by atoms with Gasteiger partial charge in [-0.2, -0.15) is 26.3 Å². The lowest BCUT2D eigenvalue weighted by Gasteiger charge is -2.27. The molecule has 1 atom stereocenters. The first-order valence-corrected chi connectivity index (χ1v) is 13.6. The molecule has 2 aromatic carbocycles. The van der Waals surface area contributed by atoms with E-state index in [4.69, 9.17) is 14.2 Å². The van der Waals surface area contributed by atoms with Crippen molar-refractivity contribution in [3.8, 4) is 5.75 Å². The number of fused-ring (bicyclic) bond motifs is 1. The largest absolute Gasteiger partial charge is 0.489 e. The Morgan fingerprint density at radius 2 is 1.50 bits per heavy atom. The van der Waals surface area contributed by atoms with E-state index in [0.717, 1.165) is 6.07 Å². The molecule has 2 amide bonds. The van der Waals surface area contributed by atoms with Gasteiger partial charge in [-0.15, -0.1) is 0 Å². The van der Waals surface area contributed by atoms with Crippen molar-refractivity contribution >= 4 is 23.7 Å². The smallest absolute Gasteiger partial charge is 0.416 e. The molecule has 0 aliphatic carbocycles. The van der Waals surface area contributed by atoms with Gasteiger partial charge in [-0.05, 0) is 83.9 Å². The molecule has 8 nitrogen and oxygen atoms in total. The molecule has 2 aromatic rings. The van der Waals surface area contributed by atoms with Gasteiger partial charge in [-0.1, -0.05) is 6.07 Å². The molecule has 0 radical (unpaired) electrons. The van der Waals surface area contributed by atoms with E-state index >= 15 is 0 Å². The summed E-state index contributed by atoms with van der Waals surface area (Å²) >= 11 is 0. The van der Waals surface area contributed by atoms with E-state index in [9.17, 15) is 40.7 Å². The normalized spacial score (nSPS) is 14.5. The third kappa shape index (κ3) is 9.52. The molecule has 0 fully saturated rings. The number of rotatable bonds is 7. The number of nitrogens with zero attached hydrogens (tertiary/aromatic N) is 1. The molecule has 1 N–H and O–H groups in total. The summed E-state index contributed by atoms with van der Waals surface area (Å²) in [5.74, 6) is -1.21. The fourth-order valence-electron chi connectivity index (χ4n) is 4.39. The van der Waals surface area contributed by atoms with Gasteiger partial charge in [0.1, 0.15) is 29.6 Å². The second-order valence-electron chi connectivity index (χ2n) is 12.2. The van der Waals surface area contributed by atoms with Crippen molar-refractivity contribution in [3.63, 3.8) is 0 Å². The zero-order valence-corrected chi connectivity index (χ0v) is 25.0. The van der Waals surface area contributed by atoms with E-state index in [-0.39, 0.29) is 18.4 Å². The van der Waals surface area contributed by atoms with Crippen LogP contribution in [0.5, 0.6) is 5.75 Å². The second-order valence-corrected chi connectivity index (χ2v) is 12.2. The van der Waals surface area contributed by atoms with Gasteiger partial charge in [-0.25, -0.2) is 4.79 Å². The van der Waals surface area contributed by atoms with Crippen LogP contribution in [0.3, 0.4) is 0 Å². The predicted octanol–water partition coefficient (Wildman–Crippen LogP) is 6.82. The van der Waals surface area contributed by atoms with E-state index < -0.39 is 77.3 Å². The van der Waals surface area contributed by atoms with Crippen molar-refractivity contribution in [1.82, 2.24) is 5.32 Å². The van der Waals surface area contributed by atoms with Crippen LogP contribution in [0.4, 0.5) is 36.8 Å². The molecule has 0 unspecified atom stereocenters. The number of amides is 2. The van der Waals surface area contributed by atoms with Crippen LogP contribution in [0.15, 0.2) is 36.4 Å². The topological polar surface area (TPSA) is 94.2 Å². The average Bonchev–Trinajstić information content (AvgIpc) is 3.26. The quantitative estimate of drug-likeness (QED) is 0.266. The van der Waals surface area contributed by atoms with Crippen LogP contribution in [0.25, 0.3) is 0 Å². The Labute approximate surface area is 250 Å². The number of hydrogen-bond donors (Lipinski definition) is 1. The summed E-state index contributed by atoms with van der Waals surface area (Å²) in [6, 6.07) is 4.38. The molecule has 44 heavy (non-hydrogen) atoms. The highest BCUT2D eigenvalue weighted by molar-refractivity contribution is 6.02. The SMILES string of the molecule is CC(C)(C)OC(=O)C[C@@H](NC(=O)OC(C)(C)C)C(=O)N1CCc2cc(OCc3ccc(C(F)(F)F)cc3C(F)(F)F)ccc21. The van der Waals surface area contributed by atoms with E-state index in [2.05, 4.69) is 5.32 Å². The summed E-state index contributed by atoms with van der Waals surface area (Å²) in [6.45, 7) is 9.36. The van der Waals surface area contributed by atoms with Gasteiger partial charge in [-0.3, -0.25) is 9.59 Å². The molecule has 1 aliphatic rings. The Morgan fingerprint density at radius 1 is 0.864 bits per heavy atom. The summed E-state index contributed by atoms with van der Waals surface area (Å²) in [5, 5.41) is 2.44. The van der Waals surface area contributed by atoms with Crippen molar-refractivity contribution in [2.24, 2.45) is 0 Å². The maximum atomic E-state index is 13.6. The Bertz CT molecular complexity index is 1360. The number of ether oxygens (including phenoxy) is 3. The molecule has 0 saturated carbocycles. The predicted molar refractivity (Wildman–Crippen MR) is 147 cm³/mol. The van der Waals surface area contributed by atoms with Gasteiger partial charge < -0.3 is 24.4 Å². The highest BCUT2D eigenvalue weighted by Crippen LogP contribution is 2.38. The number of hydrogen-bond acceptors (Lipinski definition) is 6. The summed E-state index contributed by atoms with van der Waals surface area (Å²) in [5.41, 5.74) is -4.07. The Hall–Kier alpha value is -3.97. The van der Waals surface area contributed by atoms with Gasteiger partial charge >= 0.3 is 24.4 Å². The van der Waals surface area contributed by atoms with Gasteiger partial charge in [0.05, 0.1) is 17.5 Å². The van der Waals surface area contributed by atoms with E-state index in [1.807, 2.05) is 0 Å². The van der Waals surface area contributed by atoms with Gasteiger partial charge in [0.2, 0.25) is 5.91 Å². The minimum absolute atomic E-state index is 0.0455. The number of nitrogens with one attached hydrogen (secondary N) is 1. The molecule has 0 bridgehead atoms. The average molecular weight is 633 g/mol. The molecule has 1 aliphatic heterocycles. The fraction of sp³-hybridized carbons (Fsp3) is 0.500. The molecule has 14 heteroatoms. The Balaban J connectivity index is 1.79. The molecule has 0 aromatic heterocycles. The van der Waals surface area contributed by atoms with Crippen molar-refractivity contribution in [3.05, 3.63) is 58.7 Å². The lowest BCUT2D eigenvalue weighted by Crippen LogP contribution is -2.50. The van der Waals surface area contributed by atoms with Crippen LogP contribution in [-0.2, 0) is 44.4 Å². The molecule has 242 valence electrons. The maximum Gasteiger partial charge on any atom is 0.416 e. The molecular formula is C30H34F6N2O6. The van der Waals surface area contributed by atoms with Crippen molar-refractivity contribution in [2.45, 2.75) is 90.6 Å². The Morgan fingerprint density at radius 3 is 2.07 bits per heavy atom. The number of benzene rings is 2. The first kappa shape index (κ1) is 34.5.